The molecule has 0 saturated carbocycles. The van der Waals surface area contributed by atoms with Crippen molar-refractivity contribution in [1.29, 1.82) is 0 Å². The summed E-state index contributed by atoms with van der Waals surface area (Å²) in [5, 5.41) is 17.3. The van der Waals surface area contributed by atoms with Crippen molar-refractivity contribution in [3.63, 3.8) is 0 Å². The number of nitrogens with one attached hydrogen (secondary N) is 1. The van der Waals surface area contributed by atoms with E-state index in [9.17, 15) is 9.90 Å². The molecule has 0 radical (unpaired) electrons. The molecule has 7 heteroatoms. The Kier molecular flexibility index (Phi) is 3.66. The molecular formula is C11H13N5O2. The summed E-state index contributed by atoms with van der Waals surface area (Å²) in [6, 6.07) is 9.18. The van der Waals surface area contributed by atoms with Crippen molar-refractivity contribution in [2.75, 3.05) is 0 Å². The van der Waals surface area contributed by atoms with E-state index in [1.54, 1.807) is 0 Å². The average Bonchev–Trinajstić information content (AvgIpc) is 2.87. The molecular weight excluding hydrogens is 234 g/mol. The summed E-state index contributed by atoms with van der Waals surface area (Å²) in [4.78, 5) is 11.2. The van der Waals surface area contributed by atoms with Crippen LogP contribution in [0.1, 0.15) is 22.2 Å². The number of aromatic nitrogens is 3. The normalized spacial score (nSPS) is 12.1. The van der Waals surface area contributed by atoms with Crippen LogP contribution in [0.2, 0.25) is 0 Å². The number of hydrogen-bond donors (Lipinski definition) is 3. The van der Waals surface area contributed by atoms with Gasteiger partial charge in [0.15, 0.2) is 5.69 Å². The van der Waals surface area contributed by atoms with E-state index in [1.807, 2.05) is 35.8 Å². The Morgan fingerprint density at radius 2 is 2.17 bits per heavy atom. The van der Waals surface area contributed by atoms with Crippen LogP contribution >= 0.6 is 0 Å². The minimum atomic E-state index is -0.707. The number of nitrogens with two attached hydrogens (primary N) is 1. The van der Waals surface area contributed by atoms with Crippen molar-refractivity contribution in [3.8, 4) is 0 Å². The van der Waals surface area contributed by atoms with Gasteiger partial charge in [-0.15, -0.1) is 5.10 Å². The van der Waals surface area contributed by atoms with Crippen molar-refractivity contribution in [1.82, 2.24) is 20.4 Å². The summed E-state index contributed by atoms with van der Waals surface area (Å²) >= 11 is 0. The summed E-state index contributed by atoms with van der Waals surface area (Å²) in [7, 11) is 0. The molecule has 4 N–H and O–H groups in total. The number of benzene rings is 1. The monoisotopic (exact) mass is 247 g/mol. The van der Waals surface area contributed by atoms with E-state index in [4.69, 9.17) is 5.84 Å². The molecule has 0 aliphatic carbocycles. The minimum absolute atomic E-state index is 0.109. The van der Waals surface area contributed by atoms with Crippen LogP contribution in [0.5, 0.6) is 0 Å². The molecule has 1 unspecified atom stereocenters. The third-order valence-electron chi connectivity index (χ3n) is 2.45. The molecule has 0 saturated heterocycles. The molecule has 0 spiro atoms. The smallest absolute Gasteiger partial charge is 0.287 e. The van der Waals surface area contributed by atoms with E-state index in [-0.39, 0.29) is 12.2 Å². The average molecular weight is 247 g/mol. The lowest BCUT2D eigenvalue weighted by Gasteiger charge is -2.09. The lowest BCUT2D eigenvalue weighted by atomic mass is 10.1. The number of carbonyl (C=O) groups is 1. The number of nitrogens with zero attached hydrogens (tertiary/aromatic N) is 3. The Bertz CT molecular complexity index is 525. The first-order chi connectivity index (χ1) is 8.70. The summed E-state index contributed by atoms with van der Waals surface area (Å²) in [6.07, 6.45) is 0.718. The highest BCUT2D eigenvalue weighted by Gasteiger charge is 2.12. The van der Waals surface area contributed by atoms with Gasteiger partial charge in [-0.3, -0.25) is 10.2 Å². The lowest BCUT2D eigenvalue weighted by molar-refractivity contribution is 0.0948. The molecule has 0 fully saturated rings. The Morgan fingerprint density at radius 1 is 1.44 bits per heavy atom. The van der Waals surface area contributed by atoms with Gasteiger partial charge in [0.2, 0.25) is 0 Å². The molecule has 1 atom stereocenters. The van der Waals surface area contributed by atoms with Gasteiger partial charge in [0, 0.05) is 0 Å². The number of hydrazine groups is 1. The van der Waals surface area contributed by atoms with E-state index in [0.29, 0.717) is 0 Å². The SMILES string of the molecule is NNC(=O)c1cn(CC(O)c2ccccc2)nn1. The number of nitrogen functional groups attached to an aromatic ring is 1. The van der Waals surface area contributed by atoms with Gasteiger partial charge in [0.25, 0.3) is 5.91 Å². The molecule has 1 aromatic heterocycles. The van der Waals surface area contributed by atoms with Crippen LogP contribution in [-0.4, -0.2) is 26.0 Å². The van der Waals surface area contributed by atoms with Crippen LogP contribution in [-0.2, 0) is 6.54 Å². The predicted molar refractivity (Wildman–Crippen MR) is 63.1 cm³/mol. The Labute approximate surface area is 103 Å². The van der Waals surface area contributed by atoms with E-state index in [1.165, 1.54) is 10.9 Å². The topological polar surface area (TPSA) is 106 Å². The largest absolute Gasteiger partial charge is 0.386 e. The van der Waals surface area contributed by atoms with Gasteiger partial charge in [0.05, 0.1) is 18.8 Å². The van der Waals surface area contributed by atoms with Crippen LogP contribution in [0, 0.1) is 0 Å². The number of aliphatic hydroxyl groups is 1. The third kappa shape index (κ3) is 2.70. The van der Waals surface area contributed by atoms with Crippen LogP contribution in [0.3, 0.4) is 0 Å². The minimum Gasteiger partial charge on any atom is -0.386 e. The van der Waals surface area contributed by atoms with Crippen molar-refractivity contribution >= 4 is 5.91 Å². The molecule has 94 valence electrons. The summed E-state index contributed by atoms with van der Waals surface area (Å²) < 4.78 is 1.39. The van der Waals surface area contributed by atoms with Crippen molar-refractivity contribution in [2.45, 2.75) is 12.6 Å². The first kappa shape index (κ1) is 12.2. The van der Waals surface area contributed by atoms with Gasteiger partial charge >= 0.3 is 0 Å². The molecule has 2 rings (SSSR count). The second-order valence-corrected chi connectivity index (χ2v) is 3.73. The van der Waals surface area contributed by atoms with Crippen LogP contribution in [0.4, 0.5) is 0 Å². The number of carbonyl (C=O) groups excluding carboxylic acids is 1. The number of rotatable bonds is 4. The fourth-order valence-corrected chi connectivity index (χ4v) is 1.52. The van der Waals surface area contributed by atoms with Gasteiger partial charge in [-0.05, 0) is 5.56 Å². The van der Waals surface area contributed by atoms with Crippen molar-refractivity contribution in [2.24, 2.45) is 5.84 Å². The van der Waals surface area contributed by atoms with Crippen molar-refractivity contribution < 1.29 is 9.90 Å². The Balaban J connectivity index is 2.06. The predicted octanol–water partition coefficient (Wildman–Crippen LogP) is -0.385. The van der Waals surface area contributed by atoms with Crippen LogP contribution < -0.4 is 11.3 Å². The highest BCUT2D eigenvalue weighted by molar-refractivity contribution is 5.91. The highest BCUT2D eigenvalue weighted by Crippen LogP contribution is 2.13. The Morgan fingerprint density at radius 3 is 2.83 bits per heavy atom. The van der Waals surface area contributed by atoms with E-state index in [2.05, 4.69) is 10.3 Å². The molecule has 0 aliphatic rings. The zero-order valence-electron chi connectivity index (χ0n) is 9.52. The van der Waals surface area contributed by atoms with Gasteiger partial charge < -0.3 is 5.11 Å². The summed E-state index contributed by atoms with van der Waals surface area (Å²) in [5.74, 6) is 4.46. The maximum absolute atomic E-state index is 11.2. The second-order valence-electron chi connectivity index (χ2n) is 3.73. The molecule has 7 nitrogen and oxygen atoms in total. The molecule has 1 amide bonds. The number of amides is 1. The third-order valence-corrected chi connectivity index (χ3v) is 2.45. The molecule has 0 aliphatic heterocycles. The fourth-order valence-electron chi connectivity index (χ4n) is 1.52. The molecule has 1 heterocycles. The standard InChI is InChI=1S/C11H13N5O2/c12-13-11(18)9-6-16(15-14-9)7-10(17)8-4-2-1-3-5-8/h1-6,10,17H,7,12H2,(H,13,18). The zero-order valence-corrected chi connectivity index (χ0v) is 9.52. The second kappa shape index (κ2) is 5.39. The van der Waals surface area contributed by atoms with E-state index >= 15 is 0 Å². The summed E-state index contributed by atoms with van der Waals surface area (Å²) in [6.45, 7) is 0.217. The highest BCUT2D eigenvalue weighted by atomic mass is 16.3. The van der Waals surface area contributed by atoms with Gasteiger partial charge in [-0.1, -0.05) is 35.5 Å². The molecule has 2 aromatic rings. The number of aliphatic hydroxyl groups excluding tert-OH is 1. The van der Waals surface area contributed by atoms with E-state index in [0.717, 1.165) is 5.56 Å². The quantitative estimate of drug-likeness (QED) is 0.388. The first-order valence-electron chi connectivity index (χ1n) is 5.35. The summed E-state index contributed by atoms with van der Waals surface area (Å²) in [5.41, 5.74) is 2.85. The molecule has 1 aromatic carbocycles. The first-order valence-corrected chi connectivity index (χ1v) is 5.35. The Hall–Kier alpha value is -2.25. The maximum Gasteiger partial charge on any atom is 0.287 e. The van der Waals surface area contributed by atoms with Gasteiger partial charge in [-0.25, -0.2) is 10.5 Å². The lowest BCUT2D eigenvalue weighted by Crippen LogP contribution is -2.30. The van der Waals surface area contributed by atoms with Crippen LogP contribution in [0.15, 0.2) is 36.5 Å². The number of hydrogen-bond acceptors (Lipinski definition) is 5. The molecule has 18 heavy (non-hydrogen) atoms. The van der Waals surface area contributed by atoms with Crippen LogP contribution in [0.25, 0.3) is 0 Å². The maximum atomic E-state index is 11.2. The van der Waals surface area contributed by atoms with Gasteiger partial charge in [-0.2, -0.15) is 0 Å². The zero-order chi connectivity index (χ0) is 13.0. The van der Waals surface area contributed by atoms with E-state index < -0.39 is 12.0 Å². The fraction of sp³-hybridized carbons (Fsp3) is 0.182. The van der Waals surface area contributed by atoms with Gasteiger partial charge in [0.1, 0.15) is 0 Å². The van der Waals surface area contributed by atoms with Crippen molar-refractivity contribution in [3.05, 3.63) is 47.8 Å². The molecule has 0 bridgehead atoms.